The molecule has 25 heavy (non-hydrogen) atoms. The summed E-state index contributed by atoms with van der Waals surface area (Å²) in [6.45, 7) is 1.04. The maximum absolute atomic E-state index is 11.9. The van der Waals surface area contributed by atoms with Crippen LogP contribution < -0.4 is 15.0 Å². The highest BCUT2D eigenvalue weighted by atomic mass is 35.5. The molecule has 1 heterocycles. The predicted octanol–water partition coefficient (Wildman–Crippen LogP) is 3.16. The zero-order valence-electron chi connectivity index (χ0n) is 13.7. The molecule has 1 fully saturated rings. The minimum Gasteiger partial charge on any atom is -0.484 e. The molecule has 3 rings (SSSR count). The van der Waals surface area contributed by atoms with Gasteiger partial charge in [0.15, 0.2) is 6.61 Å². The number of hydrogen-bond donors (Lipinski definition) is 1. The van der Waals surface area contributed by atoms with Crippen molar-refractivity contribution in [2.24, 2.45) is 0 Å². The fourth-order valence-corrected chi connectivity index (χ4v) is 2.88. The molecular weight excluding hydrogens is 340 g/mol. The number of halogens is 1. The lowest BCUT2D eigenvalue weighted by molar-refractivity contribution is -0.123. The summed E-state index contributed by atoms with van der Waals surface area (Å²) in [6.07, 6.45) is 1.49. The summed E-state index contributed by atoms with van der Waals surface area (Å²) in [5.74, 6) is 0.509. The van der Waals surface area contributed by atoms with Gasteiger partial charge in [-0.2, -0.15) is 0 Å². The third-order valence-electron chi connectivity index (χ3n) is 4.03. The standard InChI is InChI=1S/C19H19ClN2O3/c20-17-5-2-1-4-14(17)12-21-18(23)13-25-16-9-7-15(8-10-16)22-11-3-6-19(22)24/h1-2,4-5,7-10H,3,6,11-13H2,(H,21,23). The Morgan fingerprint density at radius 3 is 2.60 bits per heavy atom. The summed E-state index contributed by atoms with van der Waals surface area (Å²) >= 11 is 6.05. The zero-order chi connectivity index (χ0) is 17.6. The Hall–Kier alpha value is -2.53. The SMILES string of the molecule is O=C(COc1ccc(N2CCCC2=O)cc1)NCc1ccccc1Cl. The predicted molar refractivity (Wildman–Crippen MR) is 96.8 cm³/mol. The van der Waals surface area contributed by atoms with Gasteiger partial charge in [0.25, 0.3) is 5.91 Å². The number of anilines is 1. The highest BCUT2D eigenvalue weighted by Crippen LogP contribution is 2.23. The molecule has 0 spiro atoms. The van der Waals surface area contributed by atoms with E-state index in [9.17, 15) is 9.59 Å². The quantitative estimate of drug-likeness (QED) is 0.862. The Morgan fingerprint density at radius 1 is 1.16 bits per heavy atom. The number of nitrogens with zero attached hydrogens (tertiary/aromatic N) is 1. The Morgan fingerprint density at radius 2 is 1.92 bits per heavy atom. The third-order valence-corrected chi connectivity index (χ3v) is 4.39. The van der Waals surface area contributed by atoms with Gasteiger partial charge in [-0.15, -0.1) is 0 Å². The third kappa shape index (κ3) is 4.51. The summed E-state index contributed by atoms with van der Waals surface area (Å²) < 4.78 is 5.48. The van der Waals surface area contributed by atoms with E-state index >= 15 is 0 Å². The lowest BCUT2D eigenvalue weighted by Gasteiger charge is -2.16. The van der Waals surface area contributed by atoms with Gasteiger partial charge in [-0.25, -0.2) is 0 Å². The normalized spacial score (nSPS) is 13.8. The summed E-state index contributed by atoms with van der Waals surface area (Å²) in [5.41, 5.74) is 1.72. The van der Waals surface area contributed by atoms with Gasteiger partial charge in [0.2, 0.25) is 5.91 Å². The van der Waals surface area contributed by atoms with E-state index in [4.69, 9.17) is 16.3 Å². The number of rotatable bonds is 6. The average Bonchev–Trinajstić information content (AvgIpc) is 3.06. The second-order valence-electron chi connectivity index (χ2n) is 5.80. The van der Waals surface area contributed by atoms with Crippen LogP contribution >= 0.6 is 11.6 Å². The summed E-state index contributed by atoms with van der Waals surface area (Å²) in [7, 11) is 0. The van der Waals surface area contributed by atoms with Gasteiger partial charge >= 0.3 is 0 Å². The topological polar surface area (TPSA) is 58.6 Å². The molecule has 2 aromatic carbocycles. The van der Waals surface area contributed by atoms with Gasteiger partial charge in [-0.05, 0) is 42.3 Å². The maximum Gasteiger partial charge on any atom is 0.258 e. The summed E-state index contributed by atoms with van der Waals surface area (Å²) in [6, 6.07) is 14.6. The van der Waals surface area contributed by atoms with E-state index in [1.54, 1.807) is 23.1 Å². The Balaban J connectivity index is 1.47. The fourth-order valence-electron chi connectivity index (χ4n) is 2.68. The molecule has 1 aliphatic heterocycles. The smallest absolute Gasteiger partial charge is 0.258 e. The first-order valence-electron chi connectivity index (χ1n) is 8.17. The van der Waals surface area contributed by atoms with Gasteiger partial charge in [0.05, 0.1) is 0 Å². The maximum atomic E-state index is 11.9. The molecular formula is C19H19ClN2O3. The molecule has 0 aromatic heterocycles. The van der Waals surface area contributed by atoms with Gasteiger partial charge in [-0.3, -0.25) is 9.59 Å². The number of nitrogens with one attached hydrogen (secondary N) is 1. The van der Waals surface area contributed by atoms with Crippen LogP contribution in [-0.4, -0.2) is 25.0 Å². The molecule has 1 aliphatic rings. The van der Waals surface area contributed by atoms with E-state index in [2.05, 4.69) is 5.32 Å². The number of carbonyl (C=O) groups excluding carboxylic acids is 2. The van der Waals surface area contributed by atoms with Crippen molar-refractivity contribution >= 4 is 29.1 Å². The van der Waals surface area contributed by atoms with Crippen LogP contribution in [0, 0.1) is 0 Å². The van der Waals surface area contributed by atoms with Gasteiger partial charge in [-0.1, -0.05) is 29.8 Å². The van der Waals surface area contributed by atoms with E-state index in [0.717, 1.165) is 24.2 Å². The highest BCUT2D eigenvalue weighted by molar-refractivity contribution is 6.31. The lowest BCUT2D eigenvalue weighted by atomic mass is 10.2. The zero-order valence-corrected chi connectivity index (χ0v) is 14.5. The molecule has 2 aromatic rings. The second kappa shape index (κ2) is 8.03. The van der Waals surface area contributed by atoms with Crippen molar-refractivity contribution in [3.8, 4) is 5.75 Å². The van der Waals surface area contributed by atoms with Crippen LogP contribution in [0.15, 0.2) is 48.5 Å². The van der Waals surface area contributed by atoms with E-state index in [-0.39, 0.29) is 18.4 Å². The van der Waals surface area contributed by atoms with Gasteiger partial charge in [0, 0.05) is 30.2 Å². The number of benzene rings is 2. The Bertz CT molecular complexity index is 762. The van der Waals surface area contributed by atoms with Gasteiger partial charge < -0.3 is 15.0 Å². The van der Waals surface area contributed by atoms with Crippen LogP contribution in [0.3, 0.4) is 0 Å². The monoisotopic (exact) mass is 358 g/mol. The van der Waals surface area contributed by atoms with E-state index in [1.807, 2.05) is 30.3 Å². The molecule has 2 amide bonds. The first-order valence-corrected chi connectivity index (χ1v) is 8.54. The molecule has 0 aliphatic carbocycles. The van der Waals surface area contributed by atoms with Crippen LogP contribution in [0.4, 0.5) is 5.69 Å². The van der Waals surface area contributed by atoms with Crippen molar-refractivity contribution < 1.29 is 14.3 Å². The highest BCUT2D eigenvalue weighted by Gasteiger charge is 2.21. The molecule has 0 radical (unpaired) electrons. The van der Waals surface area contributed by atoms with E-state index < -0.39 is 0 Å². The van der Waals surface area contributed by atoms with Crippen molar-refractivity contribution in [3.05, 3.63) is 59.1 Å². The molecule has 1 N–H and O–H groups in total. The first kappa shape index (κ1) is 17.3. The summed E-state index contributed by atoms with van der Waals surface area (Å²) in [5, 5.41) is 3.39. The van der Waals surface area contributed by atoms with Gasteiger partial charge in [0.1, 0.15) is 5.75 Å². The minimum atomic E-state index is -0.223. The lowest BCUT2D eigenvalue weighted by Crippen LogP contribution is -2.28. The van der Waals surface area contributed by atoms with Crippen LogP contribution in [0.1, 0.15) is 18.4 Å². The van der Waals surface area contributed by atoms with Crippen LogP contribution in [0.5, 0.6) is 5.75 Å². The largest absolute Gasteiger partial charge is 0.484 e. The molecule has 130 valence electrons. The van der Waals surface area contributed by atoms with Crippen LogP contribution in [0.2, 0.25) is 5.02 Å². The molecule has 0 saturated carbocycles. The Kier molecular flexibility index (Phi) is 5.56. The average molecular weight is 359 g/mol. The molecule has 0 bridgehead atoms. The van der Waals surface area contributed by atoms with E-state index in [0.29, 0.717) is 23.7 Å². The van der Waals surface area contributed by atoms with E-state index in [1.165, 1.54) is 0 Å². The Labute approximate surface area is 151 Å². The fraction of sp³-hybridized carbons (Fsp3) is 0.263. The minimum absolute atomic E-state index is 0.0769. The van der Waals surface area contributed by atoms with Crippen molar-refractivity contribution in [2.75, 3.05) is 18.1 Å². The second-order valence-corrected chi connectivity index (χ2v) is 6.21. The number of amides is 2. The molecule has 0 unspecified atom stereocenters. The summed E-state index contributed by atoms with van der Waals surface area (Å²) in [4.78, 5) is 25.4. The van der Waals surface area contributed by atoms with Crippen molar-refractivity contribution in [3.63, 3.8) is 0 Å². The molecule has 6 heteroatoms. The number of hydrogen-bond acceptors (Lipinski definition) is 3. The van der Waals surface area contributed by atoms with Crippen molar-refractivity contribution in [1.29, 1.82) is 0 Å². The van der Waals surface area contributed by atoms with Crippen molar-refractivity contribution in [2.45, 2.75) is 19.4 Å². The first-order chi connectivity index (χ1) is 12.1. The van der Waals surface area contributed by atoms with Crippen molar-refractivity contribution in [1.82, 2.24) is 5.32 Å². The molecule has 5 nitrogen and oxygen atoms in total. The number of carbonyl (C=O) groups is 2. The molecule has 0 atom stereocenters. The van der Waals surface area contributed by atoms with Crippen LogP contribution in [-0.2, 0) is 16.1 Å². The number of ether oxygens (including phenoxy) is 1. The molecule has 1 saturated heterocycles. The van der Waals surface area contributed by atoms with Crippen LogP contribution in [0.25, 0.3) is 0 Å².